The minimum atomic E-state index is -0.837. The zero-order valence-electron chi connectivity index (χ0n) is 12.8. The number of hydrogen-bond acceptors (Lipinski definition) is 4. The SMILES string of the molecule is O=C(O)N1CCN(Cc2cccc(Oc3cccnc3)c2)CC1. The Hall–Kier alpha value is -2.60. The molecular weight excluding hydrogens is 294 g/mol. The molecule has 0 radical (unpaired) electrons. The number of aromatic nitrogens is 1. The summed E-state index contributed by atoms with van der Waals surface area (Å²) in [5.74, 6) is 1.49. The van der Waals surface area contributed by atoms with Crippen molar-refractivity contribution in [1.29, 1.82) is 0 Å². The lowest BCUT2D eigenvalue weighted by Crippen LogP contribution is -2.47. The summed E-state index contributed by atoms with van der Waals surface area (Å²) in [6.07, 6.45) is 2.55. The lowest BCUT2D eigenvalue weighted by molar-refractivity contribution is 0.103. The lowest BCUT2D eigenvalue weighted by atomic mass is 10.2. The lowest BCUT2D eigenvalue weighted by Gasteiger charge is -2.33. The number of amides is 1. The Morgan fingerprint density at radius 2 is 1.91 bits per heavy atom. The second-order valence-corrected chi connectivity index (χ2v) is 5.48. The van der Waals surface area contributed by atoms with Gasteiger partial charge in [-0.2, -0.15) is 0 Å². The van der Waals surface area contributed by atoms with Crippen molar-refractivity contribution in [1.82, 2.24) is 14.8 Å². The van der Waals surface area contributed by atoms with E-state index < -0.39 is 6.09 Å². The highest BCUT2D eigenvalue weighted by molar-refractivity contribution is 5.65. The molecule has 2 aromatic rings. The van der Waals surface area contributed by atoms with Crippen molar-refractivity contribution in [2.75, 3.05) is 26.2 Å². The number of piperazine rings is 1. The second-order valence-electron chi connectivity index (χ2n) is 5.48. The number of benzene rings is 1. The van der Waals surface area contributed by atoms with Crippen LogP contribution in [0.15, 0.2) is 48.8 Å². The van der Waals surface area contributed by atoms with E-state index >= 15 is 0 Å². The van der Waals surface area contributed by atoms with E-state index in [0.29, 0.717) is 18.8 Å². The first-order chi connectivity index (χ1) is 11.2. The Kier molecular flexibility index (Phi) is 4.73. The largest absolute Gasteiger partial charge is 0.465 e. The number of carboxylic acid groups (broad SMARTS) is 1. The molecule has 1 aliphatic rings. The summed E-state index contributed by atoms with van der Waals surface area (Å²) in [5.41, 5.74) is 1.15. The Morgan fingerprint density at radius 1 is 1.13 bits per heavy atom. The zero-order valence-corrected chi connectivity index (χ0v) is 12.8. The van der Waals surface area contributed by atoms with Crippen LogP contribution in [0.25, 0.3) is 0 Å². The Bertz CT molecular complexity index is 655. The van der Waals surface area contributed by atoms with E-state index in [1.165, 1.54) is 4.90 Å². The normalized spacial score (nSPS) is 15.4. The minimum Gasteiger partial charge on any atom is -0.465 e. The van der Waals surface area contributed by atoms with E-state index in [4.69, 9.17) is 9.84 Å². The van der Waals surface area contributed by atoms with Gasteiger partial charge in [-0.25, -0.2) is 4.79 Å². The third-order valence-corrected chi connectivity index (χ3v) is 3.82. The highest BCUT2D eigenvalue weighted by Crippen LogP contribution is 2.22. The first kappa shape index (κ1) is 15.3. The molecule has 1 fully saturated rings. The van der Waals surface area contributed by atoms with Crippen molar-refractivity contribution < 1.29 is 14.6 Å². The predicted octanol–water partition coefficient (Wildman–Crippen LogP) is 2.67. The van der Waals surface area contributed by atoms with Crippen molar-refractivity contribution in [3.63, 3.8) is 0 Å². The van der Waals surface area contributed by atoms with E-state index in [-0.39, 0.29) is 0 Å². The van der Waals surface area contributed by atoms with Crippen LogP contribution in [-0.2, 0) is 6.54 Å². The Labute approximate surface area is 134 Å². The molecule has 1 aromatic carbocycles. The molecule has 0 unspecified atom stereocenters. The quantitative estimate of drug-likeness (QED) is 0.940. The van der Waals surface area contributed by atoms with E-state index in [0.717, 1.165) is 30.9 Å². The molecule has 1 aliphatic heterocycles. The number of rotatable bonds is 4. The molecule has 0 spiro atoms. The van der Waals surface area contributed by atoms with Crippen LogP contribution >= 0.6 is 0 Å². The summed E-state index contributed by atoms with van der Waals surface area (Å²) in [5, 5.41) is 8.98. The van der Waals surface area contributed by atoms with Gasteiger partial charge < -0.3 is 14.7 Å². The molecule has 0 saturated carbocycles. The van der Waals surface area contributed by atoms with Gasteiger partial charge in [0.25, 0.3) is 0 Å². The first-order valence-electron chi connectivity index (χ1n) is 7.58. The molecule has 0 atom stereocenters. The van der Waals surface area contributed by atoms with Gasteiger partial charge in [0.15, 0.2) is 0 Å². The fourth-order valence-electron chi connectivity index (χ4n) is 2.61. The maximum Gasteiger partial charge on any atom is 0.407 e. The molecule has 0 aliphatic carbocycles. The van der Waals surface area contributed by atoms with Crippen molar-refractivity contribution >= 4 is 6.09 Å². The third-order valence-electron chi connectivity index (χ3n) is 3.82. The Morgan fingerprint density at radius 3 is 2.61 bits per heavy atom. The maximum atomic E-state index is 10.9. The first-order valence-corrected chi connectivity index (χ1v) is 7.58. The molecular formula is C17H19N3O3. The van der Waals surface area contributed by atoms with E-state index in [1.807, 2.05) is 30.3 Å². The number of nitrogens with zero attached hydrogens (tertiary/aromatic N) is 3. The monoisotopic (exact) mass is 313 g/mol. The van der Waals surface area contributed by atoms with Gasteiger partial charge in [-0.15, -0.1) is 0 Å². The smallest absolute Gasteiger partial charge is 0.407 e. The van der Waals surface area contributed by atoms with Gasteiger partial charge in [-0.05, 0) is 29.8 Å². The van der Waals surface area contributed by atoms with Crippen LogP contribution in [0.2, 0.25) is 0 Å². The maximum absolute atomic E-state index is 10.9. The van der Waals surface area contributed by atoms with Crippen LogP contribution < -0.4 is 4.74 Å². The summed E-state index contributed by atoms with van der Waals surface area (Å²) in [6, 6.07) is 11.6. The molecule has 3 rings (SSSR count). The highest BCUT2D eigenvalue weighted by atomic mass is 16.5. The molecule has 0 bridgehead atoms. The number of ether oxygens (including phenoxy) is 1. The van der Waals surface area contributed by atoms with Crippen LogP contribution in [0, 0.1) is 0 Å². The summed E-state index contributed by atoms with van der Waals surface area (Å²) < 4.78 is 5.79. The summed E-state index contributed by atoms with van der Waals surface area (Å²) in [4.78, 5) is 18.7. The minimum absolute atomic E-state index is 0.557. The van der Waals surface area contributed by atoms with E-state index in [2.05, 4.69) is 16.0 Å². The van der Waals surface area contributed by atoms with Gasteiger partial charge in [0.05, 0.1) is 6.20 Å². The van der Waals surface area contributed by atoms with E-state index in [9.17, 15) is 4.79 Å². The Balaban J connectivity index is 1.59. The van der Waals surface area contributed by atoms with Gasteiger partial charge in [0.1, 0.15) is 11.5 Å². The predicted molar refractivity (Wildman–Crippen MR) is 85.6 cm³/mol. The summed E-state index contributed by atoms with van der Waals surface area (Å²) in [6.45, 7) is 3.40. The molecule has 23 heavy (non-hydrogen) atoms. The average molecular weight is 313 g/mol. The molecule has 1 amide bonds. The van der Waals surface area contributed by atoms with Gasteiger partial charge in [0.2, 0.25) is 0 Å². The fraction of sp³-hybridized carbons (Fsp3) is 0.294. The number of hydrogen-bond donors (Lipinski definition) is 1. The average Bonchev–Trinajstić information content (AvgIpc) is 2.57. The van der Waals surface area contributed by atoms with Crippen molar-refractivity contribution in [3.05, 3.63) is 54.4 Å². The van der Waals surface area contributed by atoms with Gasteiger partial charge in [-0.1, -0.05) is 12.1 Å². The molecule has 6 nitrogen and oxygen atoms in total. The number of carbonyl (C=O) groups is 1. The molecule has 2 heterocycles. The van der Waals surface area contributed by atoms with Crippen LogP contribution in [0.1, 0.15) is 5.56 Å². The third kappa shape index (κ3) is 4.20. The molecule has 1 aromatic heterocycles. The summed E-state index contributed by atoms with van der Waals surface area (Å²) >= 11 is 0. The topological polar surface area (TPSA) is 65.9 Å². The van der Waals surface area contributed by atoms with Gasteiger partial charge in [-0.3, -0.25) is 9.88 Å². The fourth-order valence-corrected chi connectivity index (χ4v) is 2.61. The van der Waals surface area contributed by atoms with Gasteiger partial charge in [0, 0.05) is 38.9 Å². The van der Waals surface area contributed by atoms with Crippen LogP contribution in [-0.4, -0.2) is 52.2 Å². The van der Waals surface area contributed by atoms with Crippen LogP contribution in [0.5, 0.6) is 11.5 Å². The van der Waals surface area contributed by atoms with Crippen molar-refractivity contribution in [2.45, 2.75) is 6.54 Å². The van der Waals surface area contributed by atoms with Crippen LogP contribution in [0.4, 0.5) is 4.79 Å². The van der Waals surface area contributed by atoms with Crippen molar-refractivity contribution in [2.24, 2.45) is 0 Å². The molecule has 120 valence electrons. The molecule has 1 saturated heterocycles. The van der Waals surface area contributed by atoms with E-state index in [1.54, 1.807) is 12.4 Å². The number of pyridine rings is 1. The highest BCUT2D eigenvalue weighted by Gasteiger charge is 2.20. The molecule has 6 heteroatoms. The summed E-state index contributed by atoms with van der Waals surface area (Å²) in [7, 11) is 0. The second kappa shape index (κ2) is 7.11. The van der Waals surface area contributed by atoms with Gasteiger partial charge >= 0.3 is 6.09 Å². The zero-order chi connectivity index (χ0) is 16.1. The van der Waals surface area contributed by atoms with Crippen molar-refractivity contribution in [3.8, 4) is 11.5 Å². The standard InChI is InChI=1S/C17H19N3O3/c21-17(22)20-9-7-19(8-10-20)13-14-3-1-4-15(11-14)23-16-5-2-6-18-12-16/h1-6,11-12H,7-10,13H2,(H,21,22). The molecule has 1 N–H and O–H groups in total. The van der Waals surface area contributed by atoms with Crippen LogP contribution in [0.3, 0.4) is 0 Å².